The van der Waals surface area contributed by atoms with Crippen LogP contribution >= 0.6 is 35.0 Å². The van der Waals surface area contributed by atoms with Gasteiger partial charge >= 0.3 is 0 Å². The van der Waals surface area contributed by atoms with Crippen LogP contribution in [0.5, 0.6) is 0 Å². The van der Waals surface area contributed by atoms with Crippen molar-refractivity contribution < 1.29 is 18.9 Å². The van der Waals surface area contributed by atoms with E-state index in [1.165, 1.54) is 12.1 Å². The molecule has 0 unspecified atom stereocenters. The number of amides is 2. The predicted octanol–water partition coefficient (Wildman–Crippen LogP) is 7.01. The molecule has 1 aliphatic heterocycles. The number of carbonyl (C=O) groups is 2. The number of rotatable bonds is 5. The average Bonchev–Trinajstić information content (AvgIpc) is 3.32. The first-order valence-electron chi connectivity index (χ1n) is 9.70. The smallest absolute Gasteiger partial charge is 0.293 e. The van der Waals surface area contributed by atoms with E-state index in [0.717, 1.165) is 22.2 Å². The average molecular weight is 503 g/mol. The molecule has 168 valence electrons. The highest BCUT2D eigenvalue weighted by Gasteiger charge is 2.36. The van der Waals surface area contributed by atoms with Crippen molar-refractivity contribution >= 4 is 57.9 Å². The van der Waals surface area contributed by atoms with Crippen molar-refractivity contribution in [3.63, 3.8) is 0 Å². The third-order valence-electron chi connectivity index (χ3n) is 5.27. The summed E-state index contributed by atoms with van der Waals surface area (Å²) < 4.78 is 5.80. The minimum atomic E-state index is -0.485. The number of hydrogen-bond donors (Lipinski definition) is 0. The lowest BCUT2D eigenvalue weighted by molar-refractivity contribution is -0.385. The van der Waals surface area contributed by atoms with Crippen molar-refractivity contribution in [1.29, 1.82) is 0 Å². The molecule has 4 rings (SSSR count). The molecule has 2 amide bonds. The largest absolute Gasteiger partial charge is 0.457 e. The highest BCUT2D eigenvalue weighted by Crippen LogP contribution is 2.37. The SMILES string of the molecule is Cc1cc(-c2ccc(/C=C3/SC(=O)N(Cc4c(Cl)cccc4Cl)C3=O)o2)cc([N+](=O)[O-])c1C. The van der Waals surface area contributed by atoms with E-state index in [9.17, 15) is 19.7 Å². The maximum atomic E-state index is 12.8. The third-order valence-corrected chi connectivity index (χ3v) is 6.89. The van der Waals surface area contributed by atoms with Gasteiger partial charge in [-0.3, -0.25) is 24.6 Å². The summed E-state index contributed by atoms with van der Waals surface area (Å²) in [6.45, 7) is 3.43. The lowest BCUT2D eigenvalue weighted by atomic mass is 10.0. The van der Waals surface area contributed by atoms with Gasteiger partial charge in [-0.2, -0.15) is 0 Å². The Balaban J connectivity index is 1.60. The molecule has 3 aromatic rings. The van der Waals surface area contributed by atoms with Crippen LogP contribution in [0.2, 0.25) is 10.0 Å². The summed E-state index contributed by atoms with van der Waals surface area (Å²) in [6.07, 6.45) is 1.47. The molecular formula is C23H16Cl2N2O5S. The van der Waals surface area contributed by atoms with Crippen LogP contribution in [0.3, 0.4) is 0 Å². The van der Waals surface area contributed by atoms with E-state index in [1.807, 2.05) is 0 Å². The summed E-state index contributed by atoms with van der Waals surface area (Å²) >= 11 is 13.1. The molecule has 1 aromatic heterocycles. The van der Waals surface area contributed by atoms with E-state index in [2.05, 4.69) is 0 Å². The van der Waals surface area contributed by atoms with Crippen molar-refractivity contribution in [2.45, 2.75) is 20.4 Å². The van der Waals surface area contributed by atoms with E-state index in [-0.39, 0.29) is 17.1 Å². The Morgan fingerprint density at radius 2 is 1.82 bits per heavy atom. The Labute approximate surface area is 203 Å². The van der Waals surface area contributed by atoms with Crippen LogP contribution in [0.1, 0.15) is 22.5 Å². The number of imide groups is 1. The second-order valence-corrected chi connectivity index (χ2v) is 9.17. The monoisotopic (exact) mass is 502 g/mol. The molecule has 0 atom stereocenters. The van der Waals surface area contributed by atoms with E-state index < -0.39 is 16.1 Å². The molecule has 33 heavy (non-hydrogen) atoms. The number of furan rings is 1. The topological polar surface area (TPSA) is 93.7 Å². The molecule has 7 nitrogen and oxygen atoms in total. The van der Waals surface area contributed by atoms with Crippen molar-refractivity contribution in [2.24, 2.45) is 0 Å². The van der Waals surface area contributed by atoms with Crippen molar-refractivity contribution in [2.75, 3.05) is 0 Å². The molecule has 1 aliphatic rings. The Kier molecular flexibility index (Phi) is 6.34. The summed E-state index contributed by atoms with van der Waals surface area (Å²) in [5.74, 6) is 0.266. The molecule has 0 N–H and O–H groups in total. The van der Waals surface area contributed by atoms with Crippen molar-refractivity contribution in [3.05, 3.63) is 90.0 Å². The minimum Gasteiger partial charge on any atom is -0.457 e. The van der Waals surface area contributed by atoms with Gasteiger partial charge in [-0.05, 0) is 61.5 Å². The number of nitrogens with zero attached hydrogens (tertiary/aromatic N) is 2. The van der Waals surface area contributed by atoms with Gasteiger partial charge in [0.25, 0.3) is 16.8 Å². The lowest BCUT2D eigenvalue weighted by Gasteiger charge is -2.14. The third kappa shape index (κ3) is 4.55. The zero-order valence-electron chi connectivity index (χ0n) is 17.4. The molecule has 0 spiro atoms. The Morgan fingerprint density at radius 3 is 2.48 bits per heavy atom. The number of halogens is 2. The highest BCUT2D eigenvalue weighted by molar-refractivity contribution is 8.18. The van der Waals surface area contributed by atoms with Crippen LogP contribution < -0.4 is 0 Å². The molecule has 1 fully saturated rings. The van der Waals surface area contributed by atoms with Gasteiger partial charge in [0.2, 0.25) is 0 Å². The van der Waals surface area contributed by atoms with E-state index in [1.54, 1.807) is 50.2 Å². The Hall–Kier alpha value is -3.07. The van der Waals surface area contributed by atoms with Gasteiger partial charge in [0, 0.05) is 38.9 Å². The second-order valence-electron chi connectivity index (χ2n) is 7.36. The fourth-order valence-electron chi connectivity index (χ4n) is 3.37. The first kappa shape index (κ1) is 23.1. The first-order valence-corrected chi connectivity index (χ1v) is 11.3. The standard InChI is InChI=1S/C23H16Cl2N2O5S/c1-12-8-14(9-19(13(12)2)27(30)31)20-7-6-15(32-20)10-21-22(28)26(23(29)33-21)11-16-17(24)4-3-5-18(16)25/h3-10H,11H2,1-2H3/b21-10+. The quantitative estimate of drug-likeness (QED) is 0.211. The number of hydrogen-bond acceptors (Lipinski definition) is 6. The molecule has 10 heteroatoms. The molecular weight excluding hydrogens is 487 g/mol. The number of benzene rings is 2. The van der Waals surface area contributed by atoms with Crippen LogP contribution in [-0.4, -0.2) is 21.0 Å². The molecule has 2 heterocycles. The van der Waals surface area contributed by atoms with Gasteiger partial charge < -0.3 is 4.42 Å². The summed E-state index contributed by atoms with van der Waals surface area (Å²) in [7, 11) is 0. The highest BCUT2D eigenvalue weighted by atomic mass is 35.5. The van der Waals surface area contributed by atoms with Crippen LogP contribution in [-0.2, 0) is 11.3 Å². The van der Waals surface area contributed by atoms with E-state index in [4.69, 9.17) is 27.6 Å². The van der Waals surface area contributed by atoms with Crippen LogP contribution in [0.4, 0.5) is 10.5 Å². The summed E-state index contributed by atoms with van der Waals surface area (Å²) in [5, 5.41) is 11.6. The maximum absolute atomic E-state index is 12.8. The zero-order chi connectivity index (χ0) is 23.9. The van der Waals surface area contributed by atoms with E-state index in [0.29, 0.717) is 38.3 Å². The summed E-state index contributed by atoms with van der Waals surface area (Å²) in [6, 6.07) is 11.5. The van der Waals surface area contributed by atoms with Crippen molar-refractivity contribution in [1.82, 2.24) is 4.90 Å². The Bertz CT molecular complexity index is 1330. The fourth-order valence-corrected chi connectivity index (χ4v) is 4.70. The molecule has 0 aliphatic carbocycles. The summed E-state index contributed by atoms with van der Waals surface area (Å²) in [5.41, 5.74) is 2.38. The normalized spacial score (nSPS) is 15.0. The molecule has 2 aromatic carbocycles. The number of thioether (sulfide) groups is 1. The Morgan fingerprint density at radius 1 is 1.12 bits per heavy atom. The van der Waals surface area contributed by atoms with Crippen molar-refractivity contribution in [3.8, 4) is 11.3 Å². The van der Waals surface area contributed by atoms with Gasteiger partial charge in [0.1, 0.15) is 11.5 Å². The summed E-state index contributed by atoms with van der Waals surface area (Å²) in [4.78, 5) is 37.5. The maximum Gasteiger partial charge on any atom is 0.293 e. The van der Waals surface area contributed by atoms with Crippen LogP contribution in [0.25, 0.3) is 17.4 Å². The predicted molar refractivity (Wildman–Crippen MR) is 128 cm³/mol. The minimum absolute atomic E-state index is 0.00213. The van der Waals surface area contributed by atoms with Gasteiger partial charge in [-0.25, -0.2) is 0 Å². The molecule has 0 bridgehead atoms. The number of nitro groups is 1. The fraction of sp³-hybridized carbons (Fsp3) is 0.130. The molecule has 0 radical (unpaired) electrons. The van der Waals surface area contributed by atoms with E-state index >= 15 is 0 Å². The molecule has 1 saturated heterocycles. The van der Waals surface area contributed by atoms with Gasteiger partial charge in [0.05, 0.1) is 16.4 Å². The lowest BCUT2D eigenvalue weighted by Crippen LogP contribution is -2.27. The molecule has 0 saturated carbocycles. The van der Waals surface area contributed by atoms with Gasteiger partial charge in [0.15, 0.2) is 0 Å². The van der Waals surface area contributed by atoms with Gasteiger partial charge in [-0.1, -0.05) is 29.3 Å². The number of aryl methyl sites for hydroxylation is 1. The first-order chi connectivity index (χ1) is 15.7. The zero-order valence-corrected chi connectivity index (χ0v) is 19.8. The number of nitro benzene ring substituents is 1. The second kappa shape index (κ2) is 9.05. The number of carbonyl (C=O) groups excluding carboxylic acids is 2. The van der Waals surface area contributed by atoms with Crippen LogP contribution in [0, 0.1) is 24.0 Å². The van der Waals surface area contributed by atoms with Crippen LogP contribution in [0.15, 0.2) is 51.8 Å². The van der Waals surface area contributed by atoms with Gasteiger partial charge in [-0.15, -0.1) is 0 Å².